The lowest BCUT2D eigenvalue weighted by molar-refractivity contribution is -0.386. The highest BCUT2D eigenvalue weighted by Gasteiger charge is 2.20. The topological polar surface area (TPSA) is 70.8 Å². The van der Waals surface area contributed by atoms with E-state index in [1.54, 1.807) is 0 Å². The Kier molecular flexibility index (Phi) is 5.27. The summed E-state index contributed by atoms with van der Waals surface area (Å²) in [6.07, 6.45) is 0.901. The Morgan fingerprint density at radius 3 is 2.80 bits per heavy atom. The third-order valence-corrected chi connectivity index (χ3v) is 3.31. The molecular weight excluding hydrogens is 337 g/mol. The largest absolute Gasteiger partial charge is 0.487 e. The Balaban J connectivity index is 1.97. The maximum absolute atomic E-state index is 13.4. The summed E-state index contributed by atoms with van der Waals surface area (Å²) in [5.74, 6) is -0.720. The summed E-state index contributed by atoms with van der Waals surface area (Å²) in [5.41, 5.74) is -0.288. The molecule has 0 aromatic heterocycles. The number of nitrogens with zero attached hydrogens (tertiary/aromatic N) is 1. The van der Waals surface area contributed by atoms with Crippen LogP contribution in [0.4, 0.5) is 10.1 Å². The number of hydrogen-bond donors (Lipinski definition) is 0. The third kappa shape index (κ3) is 3.87. The van der Waals surface area contributed by atoms with Gasteiger partial charge >= 0.3 is 5.69 Å². The molecule has 8 heteroatoms. The molecule has 0 radical (unpaired) electrons. The Hall–Kier alpha value is -1.25. The van der Waals surface area contributed by atoms with Crippen molar-refractivity contribution in [2.24, 2.45) is 0 Å². The number of ether oxygens (including phenoxy) is 3. The highest BCUT2D eigenvalue weighted by Crippen LogP contribution is 2.32. The average Bonchev–Trinajstić information content (AvgIpc) is 2.43. The number of nitro groups is 1. The fraction of sp³-hybridized carbons (Fsp3) is 0.500. The van der Waals surface area contributed by atoms with E-state index in [2.05, 4.69) is 15.9 Å². The molecule has 0 aliphatic carbocycles. The van der Waals surface area contributed by atoms with E-state index in [9.17, 15) is 14.5 Å². The smallest absolute Gasteiger partial charge is 0.312 e. The van der Waals surface area contributed by atoms with Crippen LogP contribution in [0.25, 0.3) is 0 Å². The normalized spacial score (nSPS) is 16.1. The van der Waals surface area contributed by atoms with Crippen molar-refractivity contribution >= 4 is 21.6 Å². The molecule has 0 N–H and O–H groups in total. The first-order valence-electron chi connectivity index (χ1n) is 6.07. The molecule has 1 aliphatic heterocycles. The predicted octanol–water partition coefficient (Wildman–Crippen LogP) is 3.03. The standard InChI is InChI=1S/C12H13BrFNO5/c13-8-6-10(15(16)17)11(7-9(8)14)18-5-2-12-19-3-1-4-20-12/h6-7,12H,1-5H2. The Morgan fingerprint density at radius 1 is 1.45 bits per heavy atom. The molecule has 110 valence electrons. The Bertz CT molecular complexity index is 493. The lowest BCUT2D eigenvalue weighted by Gasteiger charge is -2.23. The maximum Gasteiger partial charge on any atom is 0.312 e. The van der Waals surface area contributed by atoms with Crippen molar-refractivity contribution in [3.8, 4) is 5.75 Å². The van der Waals surface area contributed by atoms with Crippen LogP contribution < -0.4 is 4.74 Å². The van der Waals surface area contributed by atoms with Crippen molar-refractivity contribution in [1.29, 1.82) is 0 Å². The van der Waals surface area contributed by atoms with Crippen LogP contribution in [0, 0.1) is 15.9 Å². The van der Waals surface area contributed by atoms with Crippen LogP contribution in [0.5, 0.6) is 5.75 Å². The van der Waals surface area contributed by atoms with E-state index < -0.39 is 10.7 Å². The minimum atomic E-state index is -0.618. The first-order chi connectivity index (χ1) is 9.58. The van der Waals surface area contributed by atoms with E-state index >= 15 is 0 Å². The van der Waals surface area contributed by atoms with Gasteiger partial charge in [0.25, 0.3) is 0 Å². The van der Waals surface area contributed by atoms with E-state index in [0.717, 1.165) is 18.6 Å². The van der Waals surface area contributed by atoms with E-state index in [4.69, 9.17) is 14.2 Å². The minimum absolute atomic E-state index is 0.0236. The van der Waals surface area contributed by atoms with E-state index in [1.807, 2.05) is 0 Å². The third-order valence-electron chi connectivity index (χ3n) is 2.71. The number of nitro benzene ring substituents is 1. The van der Waals surface area contributed by atoms with E-state index in [-0.39, 0.29) is 28.8 Å². The molecular formula is C12H13BrFNO5. The van der Waals surface area contributed by atoms with Crippen molar-refractivity contribution < 1.29 is 23.5 Å². The molecule has 1 aliphatic rings. The second-order valence-corrected chi connectivity index (χ2v) is 5.01. The first-order valence-corrected chi connectivity index (χ1v) is 6.86. The van der Waals surface area contributed by atoms with Gasteiger partial charge < -0.3 is 14.2 Å². The Morgan fingerprint density at radius 2 is 2.15 bits per heavy atom. The van der Waals surface area contributed by atoms with Gasteiger partial charge in [-0.3, -0.25) is 10.1 Å². The average molecular weight is 350 g/mol. The summed E-state index contributed by atoms with van der Waals surface area (Å²) >= 11 is 2.90. The monoisotopic (exact) mass is 349 g/mol. The zero-order chi connectivity index (χ0) is 14.5. The fourth-order valence-electron chi connectivity index (χ4n) is 1.74. The number of hydrogen-bond acceptors (Lipinski definition) is 5. The van der Waals surface area contributed by atoms with Crippen LogP contribution in [0.15, 0.2) is 16.6 Å². The summed E-state index contributed by atoms with van der Waals surface area (Å²) in [5, 5.41) is 10.9. The van der Waals surface area contributed by atoms with Gasteiger partial charge in [0.15, 0.2) is 12.0 Å². The minimum Gasteiger partial charge on any atom is -0.487 e. The molecule has 0 spiro atoms. The van der Waals surface area contributed by atoms with Crippen molar-refractivity contribution in [3.05, 3.63) is 32.5 Å². The van der Waals surface area contributed by atoms with Gasteiger partial charge in [-0.25, -0.2) is 4.39 Å². The van der Waals surface area contributed by atoms with Gasteiger partial charge in [0.1, 0.15) is 5.82 Å². The van der Waals surface area contributed by atoms with Gasteiger partial charge in [-0.05, 0) is 22.4 Å². The van der Waals surface area contributed by atoms with Crippen LogP contribution in [0.1, 0.15) is 12.8 Å². The number of halogens is 2. The van der Waals surface area contributed by atoms with Crippen molar-refractivity contribution in [2.45, 2.75) is 19.1 Å². The van der Waals surface area contributed by atoms with Crippen molar-refractivity contribution in [1.82, 2.24) is 0 Å². The van der Waals surface area contributed by atoms with Crippen LogP contribution in [0.2, 0.25) is 0 Å². The highest BCUT2D eigenvalue weighted by molar-refractivity contribution is 9.10. The first kappa shape index (κ1) is 15.1. The molecule has 1 fully saturated rings. The van der Waals surface area contributed by atoms with Crippen LogP contribution in [-0.4, -0.2) is 31.0 Å². The number of rotatable bonds is 5. The zero-order valence-electron chi connectivity index (χ0n) is 10.5. The van der Waals surface area contributed by atoms with Crippen LogP contribution in [-0.2, 0) is 9.47 Å². The van der Waals surface area contributed by atoms with Gasteiger partial charge in [-0.2, -0.15) is 0 Å². The second-order valence-electron chi connectivity index (χ2n) is 4.15. The van der Waals surface area contributed by atoms with E-state index in [0.29, 0.717) is 19.6 Å². The van der Waals surface area contributed by atoms with Crippen LogP contribution in [0.3, 0.4) is 0 Å². The van der Waals surface area contributed by atoms with Crippen molar-refractivity contribution in [2.75, 3.05) is 19.8 Å². The molecule has 1 aromatic rings. The SMILES string of the molecule is O=[N+]([O-])c1cc(Br)c(F)cc1OCCC1OCCCO1. The summed E-state index contributed by atoms with van der Waals surface area (Å²) in [4.78, 5) is 10.3. The lowest BCUT2D eigenvalue weighted by Crippen LogP contribution is -2.26. The molecule has 2 rings (SSSR count). The van der Waals surface area contributed by atoms with Crippen molar-refractivity contribution in [3.63, 3.8) is 0 Å². The molecule has 1 saturated heterocycles. The van der Waals surface area contributed by atoms with E-state index in [1.165, 1.54) is 0 Å². The highest BCUT2D eigenvalue weighted by atomic mass is 79.9. The summed E-state index contributed by atoms with van der Waals surface area (Å²) in [7, 11) is 0. The zero-order valence-corrected chi connectivity index (χ0v) is 12.1. The van der Waals surface area contributed by atoms with Gasteiger partial charge in [0.2, 0.25) is 0 Å². The molecule has 6 nitrogen and oxygen atoms in total. The molecule has 0 amide bonds. The van der Waals surface area contributed by atoms with Gasteiger partial charge in [0.05, 0.1) is 29.2 Å². The molecule has 0 bridgehead atoms. The maximum atomic E-state index is 13.4. The summed E-state index contributed by atoms with van der Waals surface area (Å²) in [6.45, 7) is 1.39. The summed E-state index contributed by atoms with van der Waals surface area (Å²) in [6, 6.07) is 2.07. The summed E-state index contributed by atoms with van der Waals surface area (Å²) < 4.78 is 29.3. The van der Waals surface area contributed by atoms with Gasteiger partial charge in [-0.1, -0.05) is 0 Å². The predicted molar refractivity (Wildman–Crippen MR) is 71.2 cm³/mol. The Labute approximate surface area is 123 Å². The second kappa shape index (κ2) is 6.96. The molecule has 1 heterocycles. The quantitative estimate of drug-likeness (QED) is 0.603. The molecule has 0 saturated carbocycles. The van der Waals surface area contributed by atoms with Gasteiger partial charge in [0, 0.05) is 18.6 Å². The molecule has 20 heavy (non-hydrogen) atoms. The van der Waals surface area contributed by atoms with Gasteiger partial charge in [-0.15, -0.1) is 0 Å². The lowest BCUT2D eigenvalue weighted by atomic mass is 10.3. The fourth-order valence-corrected chi connectivity index (χ4v) is 2.08. The molecule has 1 aromatic carbocycles. The van der Waals surface area contributed by atoms with Crippen LogP contribution >= 0.6 is 15.9 Å². The molecule has 0 atom stereocenters. The molecule has 0 unspecified atom stereocenters. The number of benzene rings is 1.